The van der Waals surface area contributed by atoms with Gasteiger partial charge in [0.2, 0.25) is 10.0 Å². The van der Waals surface area contributed by atoms with Gasteiger partial charge < -0.3 is 14.4 Å². The Morgan fingerprint density at radius 2 is 1.56 bits per heavy atom. The van der Waals surface area contributed by atoms with Gasteiger partial charge in [-0.3, -0.25) is 10.7 Å². The minimum Gasteiger partial charge on any atom is -0.444 e. The van der Waals surface area contributed by atoms with Gasteiger partial charge in [-0.15, -0.1) is 0 Å². The monoisotopic (exact) mass is 628 g/mol. The second-order valence-electron chi connectivity index (χ2n) is 10.3. The smallest absolute Gasteiger partial charge is 0.415 e. The summed E-state index contributed by atoms with van der Waals surface area (Å²) in [7, 11) is -3.92. The van der Waals surface area contributed by atoms with E-state index >= 15 is 0 Å². The highest BCUT2D eigenvalue weighted by Crippen LogP contribution is 2.28. The molecule has 0 heterocycles. The molecule has 0 aromatic heterocycles. The molecular formula is C34H36N4O6S. The molecule has 0 saturated heterocycles. The number of alkyl carbamates (subject to hydrolysis) is 1. The Bertz CT molecular complexity index is 1730. The molecule has 0 saturated carbocycles. The van der Waals surface area contributed by atoms with E-state index in [9.17, 15) is 18.0 Å². The van der Waals surface area contributed by atoms with Crippen LogP contribution in [0.3, 0.4) is 0 Å². The molecule has 0 aliphatic heterocycles. The topological polar surface area (TPSA) is 152 Å². The third-order valence-electron chi connectivity index (χ3n) is 6.88. The van der Waals surface area contributed by atoms with Crippen LogP contribution in [0.5, 0.6) is 5.75 Å². The molecule has 234 valence electrons. The van der Waals surface area contributed by atoms with Gasteiger partial charge in [0, 0.05) is 24.2 Å². The maximum absolute atomic E-state index is 13.3. The zero-order valence-electron chi connectivity index (χ0n) is 24.9. The van der Waals surface area contributed by atoms with Crippen molar-refractivity contribution in [1.82, 2.24) is 10.2 Å². The largest absolute Gasteiger partial charge is 0.444 e. The quantitative estimate of drug-likeness (QED) is 0.0932. The zero-order chi connectivity index (χ0) is 32.2. The first-order chi connectivity index (χ1) is 21.6. The van der Waals surface area contributed by atoms with Crippen LogP contribution in [0.2, 0.25) is 0 Å². The average molecular weight is 629 g/mol. The number of carbonyl (C=O) groups excluding carboxylic acids is 2. The highest BCUT2D eigenvalue weighted by molar-refractivity contribution is 7.89. The molecule has 11 heteroatoms. The van der Waals surface area contributed by atoms with Crippen molar-refractivity contribution in [2.24, 2.45) is 5.14 Å². The molecule has 0 radical (unpaired) electrons. The summed E-state index contributed by atoms with van der Waals surface area (Å²) in [6.45, 7) is 2.84. The lowest BCUT2D eigenvalue weighted by Crippen LogP contribution is -2.34. The fourth-order valence-corrected chi connectivity index (χ4v) is 5.35. The first-order valence-corrected chi connectivity index (χ1v) is 16.0. The molecule has 0 aliphatic rings. The normalized spacial score (nSPS) is 11.0. The first kappa shape index (κ1) is 32.9. The van der Waals surface area contributed by atoms with Crippen molar-refractivity contribution in [3.8, 4) is 16.9 Å². The molecule has 0 fully saturated rings. The number of nitrogens with zero attached hydrogens (tertiary/aromatic N) is 1. The van der Waals surface area contributed by atoms with Gasteiger partial charge in [0.1, 0.15) is 18.2 Å². The van der Waals surface area contributed by atoms with Gasteiger partial charge in [0.15, 0.2) is 0 Å². The minimum atomic E-state index is -3.92. The summed E-state index contributed by atoms with van der Waals surface area (Å²) in [6, 6.07) is 29.2. The van der Waals surface area contributed by atoms with Gasteiger partial charge in [0.05, 0.1) is 4.90 Å². The third-order valence-corrected chi connectivity index (χ3v) is 7.85. The summed E-state index contributed by atoms with van der Waals surface area (Å²) >= 11 is 0. The molecule has 10 nitrogen and oxygen atoms in total. The number of rotatable bonds is 12. The molecule has 4 rings (SSSR count). The number of sulfonamides is 1. The maximum atomic E-state index is 13.3. The number of benzene rings is 4. The van der Waals surface area contributed by atoms with Gasteiger partial charge >= 0.3 is 12.2 Å². The number of nitrogens with two attached hydrogens (primary N) is 1. The first-order valence-electron chi connectivity index (χ1n) is 14.5. The van der Waals surface area contributed by atoms with E-state index in [0.717, 1.165) is 30.4 Å². The Hall–Kier alpha value is -5.00. The molecule has 0 bridgehead atoms. The molecule has 45 heavy (non-hydrogen) atoms. The Kier molecular flexibility index (Phi) is 11.4. The van der Waals surface area contributed by atoms with Crippen LogP contribution in [-0.4, -0.2) is 37.9 Å². The lowest BCUT2D eigenvalue weighted by molar-refractivity contribution is 0.145. The zero-order valence-corrected chi connectivity index (χ0v) is 25.8. The predicted molar refractivity (Wildman–Crippen MR) is 172 cm³/mol. The number of unbranched alkanes of at least 4 members (excludes halogenated alkanes) is 2. The summed E-state index contributed by atoms with van der Waals surface area (Å²) in [5.41, 5.74) is 3.10. The lowest BCUT2D eigenvalue weighted by atomic mass is 10.1. The second-order valence-corrected chi connectivity index (χ2v) is 11.9. The maximum Gasteiger partial charge on any atom is 0.415 e. The van der Waals surface area contributed by atoms with E-state index in [1.54, 1.807) is 65.6 Å². The highest BCUT2D eigenvalue weighted by atomic mass is 32.2. The number of primary sulfonamides is 1. The number of hydrogen-bond acceptors (Lipinski definition) is 7. The van der Waals surface area contributed by atoms with Crippen molar-refractivity contribution in [2.45, 2.75) is 44.2 Å². The lowest BCUT2D eigenvalue weighted by Gasteiger charge is -2.22. The fourth-order valence-electron chi connectivity index (χ4n) is 4.59. The SMILES string of the molecule is CCCCCN(Cc1cccc(C(=N)NC(=O)OCc2ccccc2)c1)C(=O)Oc1ccc(-c2ccccc2S(N)(=O)=O)cc1. The molecule has 0 atom stereocenters. The number of carbonyl (C=O) groups is 2. The van der Waals surface area contributed by atoms with Crippen molar-refractivity contribution in [3.05, 3.63) is 120 Å². The summed E-state index contributed by atoms with van der Waals surface area (Å²) in [4.78, 5) is 27.1. The predicted octanol–water partition coefficient (Wildman–Crippen LogP) is 6.44. The third kappa shape index (κ3) is 9.75. The molecule has 4 N–H and O–H groups in total. The van der Waals surface area contributed by atoms with Gasteiger partial charge in [-0.25, -0.2) is 23.1 Å². The average Bonchev–Trinajstić information content (AvgIpc) is 3.04. The Morgan fingerprint density at radius 1 is 0.867 bits per heavy atom. The van der Waals surface area contributed by atoms with Crippen molar-refractivity contribution in [3.63, 3.8) is 0 Å². The second kappa shape index (κ2) is 15.6. The van der Waals surface area contributed by atoms with Gasteiger partial charge in [-0.1, -0.05) is 98.6 Å². The number of hydrogen-bond donors (Lipinski definition) is 3. The van der Waals surface area contributed by atoms with Crippen LogP contribution in [0.25, 0.3) is 11.1 Å². The summed E-state index contributed by atoms with van der Waals surface area (Å²) in [5, 5.41) is 16.2. The Balaban J connectivity index is 1.41. The summed E-state index contributed by atoms with van der Waals surface area (Å²) in [5.74, 6) is 0.171. The van der Waals surface area contributed by atoms with E-state index in [2.05, 4.69) is 12.2 Å². The van der Waals surface area contributed by atoms with Crippen molar-refractivity contribution >= 4 is 28.0 Å². The minimum absolute atomic E-state index is 0.00596. The molecule has 0 unspecified atom stereocenters. The van der Waals surface area contributed by atoms with Crippen LogP contribution in [0.15, 0.2) is 108 Å². The number of amides is 2. The molecule has 4 aromatic carbocycles. The van der Waals surface area contributed by atoms with Crippen LogP contribution < -0.4 is 15.2 Å². The van der Waals surface area contributed by atoms with Crippen LogP contribution in [0.4, 0.5) is 9.59 Å². The summed E-state index contributed by atoms with van der Waals surface area (Å²) < 4.78 is 34.9. The van der Waals surface area contributed by atoms with Crippen molar-refractivity contribution in [2.75, 3.05) is 6.54 Å². The molecule has 0 aliphatic carbocycles. The Labute approximate surface area is 263 Å². The molecule has 4 aromatic rings. The van der Waals surface area contributed by atoms with Gasteiger partial charge in [-0.2, -0.15) is 0 Å². The standard InChI is InChI=1S/C34H36N4O6S/c1-2-3-9-21-38(34(40)44-29-19-17-27(18-20-29)30-15-7-8-16-31(30)45(36,41)42)23-26-13-10-14-28(22-26)32(35)37-33(39)43-24-25-11-5-4-6-12-25/h4-8,10-20,22H,2-3,9,21,23-24H2,1H3,(H2,35,37,39)(H2,36,41,42). The van der Waals surface area contributed by atoms with Crippen LogP contribution in [0, 0.1) is 5.41 Å². The van der Waals surface area contributed by atoms with E-state index in [1.165, 1.54) is 6.07 Å². The van der Waals surface area contributed by atoms with Gasteiger partial charge in [-0.05, 0) is 47.4 Å². The van der Waals surface area contributed by atoms with Crippen molar-refractivity contribution < 1.29 is 27.5 Å². The van der Waals surface area contributed by atoms with E-state index in [1.807, 2.05) is 36.4 Å². The van der Waals surface area contributed by atoms with E-state index in [-0.39, 0.29) is 23.9 Å². The number of nitrogens with one attached hydrogen (secondary N) is 2. The molecule has 2 amide bonds. The van der Waals surface area contributed by atoms with Crippen LogP contribution in [0.1, 0.15) is 42.9 Å². The number of amidine groups is 1. The summed E-state index contributed by atoms with van der Waals surface area (Å²) in [6.07, 6.45) is 1.40. The highest BCUT2D eigenvalue weighted by Gasteiger charge is 2.19. The van der Waals surface area contributed by atoms with E-state index in [4.69, 9.17) is 20.0 Å². The Morgan fingerprint density at radius 3 is 2.27 bits per heavy atom. The van der Waals surface area contributed by atoms with Crippen LogP contribution in [-0.2, 0) is 27.9 Å². The van der Waals surface area contributed by atoms with Gasteiger partial charge in [0.25, 0.3) is 0 Å². The van der Waals surface area contributed by atoms with E-state index < -0.39 is 22.2 Å². The number of ether oxygens (including phenoxy) is 2. The fraction of sp³-hybridized carbons (Fsp3) is 0.206. The van der Waals surface area contributed by atoms with E-state index in [0.29, 0.717) is 29.0 Å². The molecular weight excluding hydrogens is 592 g/mol. The van der Waals surface area contributed by atoms with Crippen LogP contribution >= 0.6 is 0 Å². The van der Waals surface area contributed by atoms with Crippen molar-refractivity contribution in [1.29, 1.82) is 5.41 Å². The molecule has 0 spiro atoms.